The Balaban J connectivity index is 2.30. The molecule has 0 aliphatic rings. The normalized spacial score (nSPS) is 10.9. The van der Waals surface area contributed by atoms with E-state index in [4.69, 9.17) is 0 Å². The molecule has 1 aromatic heterocycles. The molecule has 0 saturated carbocycles. The molecule has 5 heteroatoms. The van der Waals surface area contributed by atoms with Gasteiger partial charge in [-0.3, -0.25) is 0 Å². The van der Waals surface area contributed by atoms with Crippen LogP contribution in [0.1, 0.15) is 13.8 Å². The third-order valence-corrected chi connectivity index (χ3v) is 2.90. The van der Waals surface area contributed by atoms with Gasteiger partial charge in [0.05, 0.1) is 5.69 Å². The number of nitrogens with one attached hydrogen (secondary N) is 1. The highest BCUT2D eigenvalue weighted by Gasteiger charge is 2.10. The van der Waals surface area contributed by atoms with Gasteiger partial charge in [-0.15, -0.1) is 11.3 Å². The first kappa shape index (κ1) is 12.0. The Bertz CT molecular complexity index is 523. The molecule has 90 valence electrons. The fourth-order valence-corrected chi connectivity index (χ4v) is 2.27. The fraction of sp³-hybridized carbons (Fsp3) is 0.250. The lowest BCUT2D eigenvalue weighted by atomic mass is 10.1. The number of anilines is 1. The highest BCUT2D eigenvalue weighted by molar-refractivity contribution is 7.14. The Labute approximate surface area is 102 Å². The van der Waals surface area contributed by atoms with E-state index in [9.17, 15) is 8.78 Å². The monoisotopic (exact) mass is 254 g/mol. The van der Waals surface area contributed by atoms with E-state index in [1.54, 1.807) is 5.38 Å². The number of halogens is 2. The van der Waals surface area contributed by atoms with Crippen LogP contribution in [0.5, 0.6) is 0 Å². The molecule has 1 N–H and O–H groups in total. The Kier molecular flexibility index (Phi) is 3.38. The van der Waals surface area contributed by atoms with Crippen molar-refractivity contribution in [1.82, 2.24) is 4.98 Å². The largest absolute Gasteiger partial charge is 0.359 e. The molecule has 0 atom stereocenters. The van der Waals surface area contributed by atoms with E-state index in [1.807, 2.05) is 13.8 Å². The quantitative estimate of drug-likeness (QED) is 0.898. The fourth-order valence-electron chi connectivity index (χ4n) is 1.41. The van der Waals surface area contributed by atoms with Crippen molar-refractivity contribution in [1.29, 1.82) is 0 Å². The lowest BCUT2D eigenvalue weighted by molar-refractivity contribution is 0.585. The Morgan fingerprint density at radius 3 is 2.71 bits per heavy atom. The van der Waals surface area contributed by atoms with Gasteiger partial charge in [0, 0.05) is 23.1 Å². The molecular formula is C12H12F2N2S. The Morgan fingerprint density at radius 2 is 2.06 bits per heavy atom. The van der Waals surface area contributed by atoms with Crippen molar-refractivity contribution in [3.8, 4) is 11.3 Å². The number of nitrogens with zero attached hydrogens (tertiary/aromatic N) is 1. The van der Waals surface area contributed by atoms with Crippen LogP contribution in [0.25, 0.3) is 11.3 Å². The van der Waals surface area contributed by atoms with Gasteiger partial charge in [0.2, 0.25) is 0 Å². The Hall–Kier alpha value is -1.49. The molecule has 2 aromatic rings. The molecule has 1 aromatic carbocycles. The minimum absolute atomic E-state index is 0.270. The van der Waals surface area contributed by atoms with Crippen molar-refractivity contribution < 1.29 is 8.78 Å². The molecule has 0 aliphatic carbocycles. The average molecular weight is 254 g/mol. The SMILES string of the molecule is CC(C)Nc1nc(-c2ccc(F)cc2F)cs1. The number of hydrogen-bond donors (Lipinski definition) is 1. The molecule has 1 heterocycles. The van der Waals surface area contributed by atoms with Crippen LogP contribution in [0.3, 0.4) is 0 Å². The third kappa shape index (κ3) is 2.79. The Morgan fingerprint density at radius 1 is 1.29 bits per heavy atom. The van der Waals surface area contributed by atoms with Gasteiger partial charge in [-0.1, -0.05) is 0 Å². The summed E-state index contributed by atoms with van der Waals surface area (Å²) in [5, 5.41) is 5.62. The second-order valence-corrected chi connectivity index (χ2v) is 4.82. The molecule has 0 unspecified atom stereocenters. The lowest BCUT2D eigenvalue weighted by Gasteiger charge is -2.04. The van der Waals surface area contributed by atoms with E-state index in [-0.39, 0.29) is 6.04 Å². The summed E-state index contributed by atoms with van der Waals surface area (Å²) in [4.78, 5) is 4.26. The number of thiazole rings is 1. The van der Waals surface area contributed by atoms with Crippen LogP contribution in [0.4, 0.5) is 13.9 Å². The zero-order valence-corrected chi connectivity index (χ0v) is 10.3. The second kappa shape index (κ2) is 4.79. The lowest BCUT2D eigenvalue weighted by Crippen LogP contribution is -2.09. The van der Waals surface area contributed by atoms with Gasteiger partial charge in [0.15, 0.2) is 5.13 Å². The molecule has 2 nitrogen and oxygen atoms in total. The molecule has 0 fully saturated rings. The molecular weight excluding hydrogens is 242 g/mol. The van der Waals surface area contributed by atoms with E-state index in [2.05, 4.69) is 10.3 Å². The zero-order chi connectivity index (χ0) is 12.4. The second-order valence-electron chi connectivity index (χ2n) is 3.96. The van der Waals surface area contributed by atoms with Crippen LogP contribution in [0.15, 0.2) is 23.6 Å². The smallest absolute Gasteiger partial charge is 0.183 e. The number of hydrogen-bond acceptors (Lipinski definition) is 3. The highest BCUT2D eigenvalue weighted by atomic mass is 32.1. The van der Waals surface area contributed by atoms with Gasteiger partial charge in [-0.05, 0) is 26.0 Å². The molecule has 17 heavy (non-hydrogen) atoms. The van der Waals surface area contributed by atoms with Crippen LogP contribution in [-0.2, 0) is 0 Å². The van der Waals surface area contributed by atoms with E-state index in [1.165, 1.54) is 23.5 Å². The number of rotatable bonds is 3. The van der Waals surface area contributed by atoms with Crippen molar-refractivity contribution in [3.05, 3.63) is 35.2 Å². The summed E-state index contributed by atoms with van der Waals surface area (Å²) < 4.78 is 26.3. The first-order valence-electron chi connectivity index (χ1n) is 5.24. The van der Waals surface area contributed by atoms with Gasteiger partial charge >= 0.3 is 0 Å². The molecule has 0 bridgehead atoms. The van der Waals surface area contributed by atoms with Crippen molar-refractivity contribution in [2.24, 2.45) is 0 Å². The first-order valence-corrected chi connectivity index (χ1v) is 6.11. The van der Waals surface area contributed by atoms with Crippen LogP contribution >= 0.6 is 11.3 Å². The number of aromatic nitrogens is 1. The summed E-state index contributed by atoms with van der Waals surface area (Å²) in [6.45, 7) is 4.00. The topological polar surface area (TPSA) is 24.9 Å². The molecule has 2 rings (SSSR count). The van der Waals surface area contributed by atoms with Crippen LogP contribution in [0.2, 0.25) is 0 Å². The standard InChI is InChI=1S/C12H12F2N2S/c1-7(2)15-12-16-11(6-17-12)9-4-3-8(13)5-10(9)14/h3-7H,1-2H3,(H,15,16). The van der Waals surface area contributed by atoms with Gasteiger partial charge in [-0.25, -0.2) is 13.8 Å². The molecule has 0 aliphatic heterocycles. The maximum absolute atomic E-state index is 13.5. The molecule has 0 radical (unpaired) electrons. The predicted octanol–water partition coefficient (Wildman–Crippen LogP) is 3.91. The van der Waals surface area contributed by atoms with Gasteiger partial charge < -0.3 is 5.32 Å². The summed E-state index contributed by atoms with van der Waals surface area (Å²) in [6, 6.07) is 3.77. The highest BCUT2D eigenvalue weighted by Crippen LogP contribution is 2.27. The van der Waals surface area contributed by atoms with Crippen molar-refractivity contribution in [2.45, 2.75) is 19.9 Å². The van der Waals surface area contributed by atoms with E-state index >= 15 is 0 Å². The minimum Gasteiger partial charge on any atom is -0.359 e. The number of benzene rings is 1. The van der Waals surface area contributed by atoms with Crippen molar-refractivity contribution in [2.75, 3.05) is 5.32 Å². The molecule has 0 spiro atoms. The summed E-state index contributed by atoms with van der Waals surface area (Å²) in [6.07, 6.45) is 0. The minimum atomic E-state index is -0.591. The van der Waals surface area contributed by atoms with Crippen molar-refractivity contribution >= 4 is 16.5 Å². The van der Waals surface area contributed by atoms with E-state index in [0.717, 1.165) is 11.2 Å². The van der Waals surface area contributed by atoms with E-state index in [0.29, 0.717) is 11.3 Å². The summed E-state index contributed by atoms with van der Waals surface area (Å²) >= 11 is 1.40. The molecule has 0 amide bonds. The van der Waals surface area contributed by atoms with Crippen LogP contribution < -0.4 is 5.32 Å². The first-order chi connectivity index (χ1) is 8.06. The average Bonchev–Trinajstić information content (AvgIpc) is 2.65. The summed E-state index contributed by atoms with van der Waals surface area (Å²) in [5.41, 5.74) is 0.843. The van der Waals surface area contributed by atoms with Crippen molar-refractivity contribution in [3.63, 3.8) is 0 Å². The third-order valence-electron chi connectivity index (χ3n) is 2.12. The summed E-state index contributed by atoms with van der Waals surface area (Å²) in [7, 11) is 0. The van der Waals surface area contributed by atoms with Crippen LogP contribution in [0, 0.1) is 11.6 Å². The van der Waals surface area contributed by atoms with Gasteiger partial charge in [0.25, 0.3) is 0 Å². The van der Waals surface area contributed by atoms with Gasteiger partial charge in [-0.2, -0.15) is 0 Å². The predicted molar refractivity (Wildman–Crippen MR) is 66.2 cm³/mol. The van der Waals surface area contributed by atoms with E-state index < -0.39 is 11.6 Å². The van der Waals surface area contributed by atoms with Crippen LogP contribution in [-0.4, -0.2) is 11.0 Å². The summed E-state index contributed by atoms with van der Waals surface area (Å²) in [5.74, 6) is -1.17. The van der Waals surface area contributed by atoms with Gasteiger partial charge in [0.1, 0.15) is 11.6 Å². The molecule has 0 saturated heterocycles. The maximum Gasteiger partial charge on any atom is 0.183 e. The maximum atomic E-state index is 13.5. The zero-order valence-electron chi connectivity index (χ0n) is 9.50.